The Morgan fingerprint density at radius 2 is 1.65 bits per heavy atom. The number of anilines is 2. The van der Waals surface area contributed by atoms with Gasteiger partial charge in [0.25, 0.3) is 5.91 Å². The summed E-state index contributed by atoms with van der Waals surface area (Å²) in [4.78, 5) is 30.0. The Morgan fingerprint density at radius 3 is 2.29 bits per heavy atom. The van der Waals surface area contributed by atoms with Gasteiger partial charge in [-0.05, 0) is 36.4 Å². The van der Waals surface area contributed by atoms with E-state index in [-0.39, 0.29) is 11.4 Å². The lowest BCUT2D eigenvalue weighted by Crippen LogP contribution is -2.55. The Hall–Kier alpha value is -2.29. The smallest absolute Gasteiger partial charge is 0.369 e. The number of nitrogens with zero attached hydrogens (tertiary/aromatic N) is 3. The molecular weight excluding hydrogens is 454 g/mol. The molecule has 2 aromatic carbocycles. The number of amides is 1. The quantitative estimate of drug-likeness (QED) is 0.619. The van der Waals surface area contributed by atoms with Crippen LogP contribution in [0.2, 0.25) is 10.0 Å². The first kappa shape index (κ1) is 21.9. The van der Waals surface area contributed by atoms with Gasteiger partial charge in [0.1, 0.15) is 0 Å². The summed E-state index contributed by atoms with van der Waals surface area (Å²) in [6.45, 7) is 1.87. The van der Waals surface area contributed by atoms with E-state index in [1.807, 2.05) is 9.80 Å². The van der Waals surface area contributed by atoms with Crippen LogP contribution in [0.1, 0.15) is 12.0 Å². The van der Waals surface area contributed by atoms with E-state index in [4.69, 9.17) is 23.2 Å². The van der Waals surface area contributed by atoms with Crippen molar-refractivity contribution in [2.45, 2.75) is 18.8 Å². The molecule has 2 aliphatic heterocycles. The Balaban J connectivity index is 1.51. The number of ketones is 1. The third-order valence-corrected chi connectivity index (χ3v) is 6.10. The molecule has 1 amide bonds. The van der Waals surface area contributed by atoms with Crippen molar-refractivity contribution in [2.75, 3.05) is 36.0 Å². The van der Waals surface area contributed by atoms with E-state index in [9.17, 15) is 22.8 Å². The minimum absolute atomic E-state index is 0.0291. The molecule has 2 heterocycles. The van der Waals surface area contributed by atoms with E-state index in [0.717, 1.165) is 12.1 Å². The number of hydrogen-bond donors (Lipinski definition) is 0. The van der Waals surface area contributed by atoms with Crippen molar-refractivity contribution < 1.29 is 22.8 Å². The van der Waals surface area contributed by atoms with Gasteiger partial charge in [0, 0.05) is 36.9 Å². The molecule has 31 heavy (non-hydrogen) atoms. The zero-order valence-electron chi connectivity index (χ0n) is 16.2. The lowest BCUT2D eigenvalue weighted by atomic mass is 10.1. The fourth-order valence-corrected chi connectivity index (χ4v) is 4.51. The minimum atomic E-state index is -4.40. The van der Waals surface area contributed by atoms with Gasteiger partial charge >= 0.3 is 6.18 Å². The molecule has 164 valence electrons. The second-order valence-electron chi connectivity index (χ2n) is 7.45. The molecule has 5 nitrogen and oxygen atoms in total. The number of hydrogen-bond acceptors (Lipinski definition) is 4. The lowest BCUT2D eigenvalue weighted by Gasteiger charge is -2.41. The highest BCUT2D eigenvalue weighted by molar-refractivity contribution is 6.45. The average Bonchev–Trinajstić information content (AvgIpc) is 3.02. The summed E-state index contributed by atoms with van der Waals surface area (Å²) in [5, 5.41) is 0.682. The van der Waals surface area contributed by atoms with Crippen LogP contribution in [-0.4, -0.2) is 48.9 Å². The maximum Gasteiger partial charge on any atom is 0.416 e. The van der Waals surface area contributed by atoms with Crippen LogP contribution in [0.15, 0.2) is 42.5 Å². The number of piperazine rings is 1. The minimum Gasteiger partial charge on any atom is -0.369 e. The fourth-order valence-electron chi connectivity index (χ4n) is 4.01. The zero-order chi connectivity index (χ0) is 22.3. The van der Waals surface area contributed by atoms with Crippen LogP contribution in [0.5, 0.6) is 0 Å². The van der Waals surface area contributed by atoms with Gasteiger partial charge in [-0.2, -0.15) is 13.2 Å². The molecule has 0 saturated carbocycles. The summed E-state index contributed by atoms with van der Waals surface area (Å²) in [7, 11) is 0. The molecule has 10 heteroatoms. The predicted octanol–water partition coefficient (Wildman–Crippen LogP) is 4.47. The van der Waals surface area contributed by atoms with E-state index in [1.165, 1.54) is 17.0 Å². The molecule has 2 fully saturated rings. The summed E-state index contributed by atoms with van der Waals surface area (Å²) in [6.07, 6.45) is -4.87. The number of benzene rings is 2. The normalized spacial score (nSPS) is 20.6. The Labute approximate surface area is 186 Å². The summed E-state index contributed by atoms with van der Waals surface area (Å²) >= 11 is 12.2. The molecule has 0 spiro atoms. The van der Waals surface area contributed by atoms with Gasteiger partial charge < -0.3 is 4.90 Å². The van der Waals surface area contributed by atoms with Crippen molar-refractivity contribution in [2.24, 2.45) is 0 Å². The molecule has 4 rings (SSSR count). The van der Waals surface area contributed by atoms with Crippen molar-refractivity contribution in [3.05, 3.63) is 58.1 Å². The fraction of sp³-hybridized carbons (Fsp3) is 0.333. The molecule has 0 aliphatic carbocycles. The highest BCUT2D eigenvalue weighted by atomic mass is 35.5. The SMILES string of the molecule is O=C1CC(N2CCN(c3cccc(C(F)(F)F)c3)CC2)N(c2ccc(Cl)cc2Cl)C1=O. The van der Waals surface area contributed by atoms with Crippen LogP contribution in [0.25, 0.3) is 0 Å². The third-order valence-electron chi connectivity index (χ3n) is 5.57. The summed E-state index contributed by atoms with van der Waals surface area (Å²) in [5.74, 6) is -1.13. The van der Waals surface area contributed by atoms with Crippen LogP contribution < -0.4 is 9.80 Å². The third kappa shape index (κ3) is 4.37. The monoisotopic (exact) mass is 471 g/mol. The molecule has 0 aromatic heterocycles. The van der Waals surface area contributed by atoms with Gasteiger partial charge in [-0.1, -0.05) is 29.3 Å². The van der Waals surface area contributed by atoms with Crippen molar-refractivity contribution in [1.29, 1.82) is 0 Å². The van der Waals surface area contributed by atoms with E-state index >= 15 is 0 Å². The maximum atomic E-state index is 13.0. The van der Waals surface area contributed by atoms with Crippen LogP contribution in [0.3, 0.4) is 0 Å². The van der Waals surface area contributed by atoms with Crippen molar-refractivity contribution in [3.8, 4) is 0 Å². The van der Waals surface area contributed by atoms with E-state index in [1.54, 1.807) is 18.2 Å². The summed E-state index contributed by atoms with van der Waals surface area (Å²) in [6, 6.07) is 9.93. The van der Waals surface area contributed by atoms with Crippen LogP contribution in [0, 0.1) is 0 Å². The van der Waals surface area contributed by atoms with Gasteiger partial charge in [-0.15, -0.1) is 0 Å². The summed E-state index contributed by atoms with van der Waals surface area (Å²) < 4.78 is 39.1. The Bertz CT molecular complexity index is 1020. The van der Waals surface area contributed by atoms with Gasteiger partial charge in [0.05, 0.1) is 28.9 Å². The number of rotatable bonds is 3. The number of alkyl halides is 3. The first-order valence-electron chi connectivity index (χ1n) is 9.63. The number of halogens is 5. The number of carbonyl (C=O) groups excluding carboxylic acids is 2. The number of carbonyl (C=O) groups is 2. The maximum absolute atomic E-state index is 13.0. The zero-order valence-corrected chi connectivity index (χ0v) is 17.7. The Kier molecular flexibility index (Phi) is 5.89. The van der Waals surface area contributed by atoms with Crippen LogP contribution in [-0.2, 0) is 15.8 Å². The van der Waals surface area contributed by atoms with Crippen LogP contribution >= 0.6 is 23.2 Å². The van der Waals surface area contributed by atoms with Gasteiger partial charge in [-0.3, -0.25) is 19.4 Å². The largest absolute Gasteiger partial charge is 0.416 e. The van der Waals surface area contributed by atoms with Crippen molar-refractivity contribution in [3.63, 3.8) is 0 Å². The van der Waals surface area contributed by atoms with Crippen molar-refractivity contribution in [1.82, 2.24) is 4.90 Å². The molecule has 1 unspecified atom stereocenters. The number of Topliss-reactive ketones (excluding diaryl/α,β-unsaturated/α-hetero) is 1. The summed E-state index contributed by atoms with van der Waals surface area (Å²) in [5.41, 5.74) is 0.209. The molecule has 2 aliphatic rings. The van der Waals surface area contributed by atoms with Crippen LogP contribution in [0.4, 0.5) is 24.5 Å². The lowest BCUT2D eigenvalue weighted by molar-refractivity contribution is -0.137. The van der Waals surface area contributed by atoms with Gasteiger partial charge in [0.15, 0.2) is 0 Å². The highest BCUT2D eigenvalue weighted by Crippen LogP contribution is 2.36. The average molecular weight is 472 g/mol. The molecule has 0 bridgehead atoms. The molecule has 2 aromatic rings. The Morgan fingerprint density at radius 1 is 0.935 bits per heavy atom. The molecule has 0 radical (unpaired) electrons. The van der Waals surface area contributed by atoms with E-state index in [2.05, 4.69) is 0 Å². The first-order chi connectivity index (χ1) is 14.6. The van der Waals surface area contributed by atoms with Crippen molar-refractivity contribution >= 4 is 46.3 Å². The second-order valence-corrected chi connectivity index (χ2v) is 8.29. The van der Waals surface area contributed by atoms with E-state index < -0.39 is 29.6 Å². The highest BCUT2D eigenvalue weighted by Gasteiger charge is 2.43. The predicted molar refractivity (Wildman–Crippen MR) is 113 cm³/mol. The first-order valence-corrected chi connectivity index (χ1v) is 10.4. The van der Waals surface area contributed by atoms with Gasteiger partial charge in [-0.25, -0.2) is 0 Å². The molecular formula is C21H18Cl2F3N3O2. The molecule has 1 atom stereocenters. The molecule has 2 saturated heterocycles. The van der Waals surface area contributed by atoms with E-state index in [0.29, 0.717) is 42.6 Å². The standard InChI is InChI=1S/C21H18Cl2F3N3O2/c22-14-4-5-17(16(23)11-14)29-19(12-18(30)20(29)31)28-8-6-27(7-9-28)15-3-1-2-13(10-15)21(24,25)26/h1-5,10-11,19H,6-9,12H2. The second kappa shape index (κ2) is 8.33. The molecule has 0 N–H and O–H groups in total. The topological polar surface area (TPSA) is 43.9 Å². The van der Waals surface area contributed by atoms with Gasteiger partial charge in [0.2, 0.25) is 5.78 Å².